The molecule has 0 amide bonds. The van der Waals surface area contributed by atoms with E-state index in [-0.39, 0.29) is 5.54 Å². The van der Waals surface area contributed by atoms with Crippen LogP contribution in [0.1, 0.15) is 38.5 Å². The molecule has 1 saturated carbocycles. The molecular formula is C13H26N2O. The summed E-state index contributed by atoms with van der Waals surface area (Å²) < 4.78 is 5.54. The van der Waals surface area contributed by atoms with E-state index in [1.807, 2.05) is 0 Å². The zero-order valence-corrected chi connectivity index (χ0v) is 10.6. The fraction of sp³-hybridized carbons (Fsp3) is 1.00. The van der Waals surface area contributed by atoms with E-state index in [1.54, 1.807) is 0 Å². The Bertz CT molecular complexity index is 208. The Kier molecular flexibility index (Phi) is 4.22. The molecular weight excluding hydrogens is 200 g/mol. The van der Waals surface area contributed by atoms with E-state index in [2.05, 4.69) is 11.9 Å². The van der Waals surface area contributed by atoms with Crippen LogP contribution in [-0.2, 0) is 4.74 Å². The third-order valence-electron chi connectivity index (χ3n) is 4.53. The average molecular weight is 226 g/mol. The van der Waals surface area contributed by atoms with Crippen LogP contribution >= 0.6 is 0 Å². The Morgan fingerprint density at radius 2 is 2.06 bits per heavy atom. The van der Waals surface area contributed by atoms with E-state index < -0.39 is 0 Å². The third kappa shape index (κ3) is 2.58. The number of rotatable bonds is 4. The monoisotopic (exact) mass is 226 g/mol. The van der Waals surface area contributed by atoms with E-state index in [9.17, 15) is 0 Å². The highest BCUT2D eigenvalue weighted by Gasteiger charge is 2.38. The van der Waals surface area contributed by atoms with Crippen LogP contribution in [0.3, 0.4) is 0 Å². The maximum Gasteiger partial charge on any atom is 0.0663 e. The molecule has 0 aromatic rings. The van der Waals surface area contributed by atoms with Crippen LogP contribution < -0.4 is 5.73 Å². The lowest BCUT2D eigenvalue weighted by atomic mass is 9.87. The molecule has 2 aliphatic rings. The normalized spacial score (nSPS) is 32.4. The highest BCUT2D eigenvalue weighted by molar-refractivity contribution is 4.94. The summed E-state index contributed by atoms with van der Waals surface area (Å²) in [4.78, 5) is 2.48. The number of nitrogens with two attached hydrogens (primary N) is 1. The first-order valence-corrected chi connectivity index (χ1v) is 6.76. The van der Waals surface area contributed by atoms with Crippen LogP contribution in [0.2, 0.25) is 0 Å². The van der Waals surface area contributed by atoms with Crippen molar-refractivity contribution < 1.29 is 4.74 Å². The summed E-state index contributed by atoms with van der Waals surface area (Å²) in [6.45, 7) is 3.65. The average Bonchev–Trinajstić information content (AvgIpc) is 2.80. The van der Waals surface area contributed by atoms with Gasteiger partial charge < -0.3 is 10.5 Å². The van der Waals surface area contributed by atoms with Gasteiger partial charge in [-0.3, -0.25) is 4.90 Å². The molecule has 2 N–H and O–H groups in total. The maximum atomic E-state index is 5.95. The van der Waals surface area contributed by atoms with E-state index in [0.717, 1.165) is 32.1 Å². The van der Waals surface area contributed by atoms with Crippen molar-refractivity contribution in [3.63, 3.8) is 0 Å². The predicted octanol–water partition coefficient (Wildman–Crippen LogP) is 1.62. The van der Waals surface area contributed by atoms with Crippen LogP contribution in [0.25, 0.3) is 0 Å². The van der Waals surface area contributed by atoms with E-state index >= 15 is 0 Å². The lowest BCUT2D eigenvalue weighted by molar-refractivity contribution is 0.0746. The molecule has 1 heterocycles. The minimum absolute atomic E-state index is 0.136. The van der Waals surface area contributed by atoms with Gasteiger partial charge >= 0.3 is 0 Å². The summed E-state index contributed by atoms with van der Waals surface area (Å²) in [5, 5.41) is 0. The van der Waals surface area contributed by atoms with Crippen LogP contribution in [-0.4, -0.2) is 43.8 Å². The standard InChI is InChI=1S/C13H26N2O/c1-15(9-12-5-3-2-4-6-12)13(10-14)7-8-16-11-13/h12H,2-11,14H2,1H3. The quantitative estimate of drug-likeness (QED) is 0.791. The Morgan fingerprint density at radius 3 is 2.62 bits per heavy atom. The van der Waals surface area contributed by atoms with Gasteiger partial charge in [-0.25, -0.2) is 0 Å². The molecule has 2 fully saturated rings. The molecule has 0 bridgehead atoms. The van der Waals surface area contributed by atoms with Gasteiger partial charge in [0.25, 0.3) is 0 Å². The Labute approximate surface area is 99.3 Å². The van der Waals surface area contributed by atoms with Crippen molar-refractivity contribution in [3.05, 3.63) is 0 Å². The SMILES string of the molecule is CN(CC1CCCCC1)C1(CN)CCOC1. The molecule has 3 nitrogen and oxygen atoms in total. The van der Waals surface area contributed by atoms with Gasteiger partial charge in [0.1, 0.15) is 0 Å². The summed E-state index contributed by atoms with van der Waals surface area (Å²) in [5.74, 6) is 0.891. The van der Waals surface area contributed by atoms with Gasteiger partial charge in [0.05, 0.1) is 12.1 Å². The van der Waals surface area contributed by atoms with Gasteiger partial charge in [-0.05, 0) is 32.2 Å². The fourth-order valence-electron chi connectivity index (χ4n) is 3.17. The highest BCUT2D eigenvalue weighted by atomic mass is 16.5. The molecule has 1 atom stereocenters. The van der Waals surface area contributed by atoms with Crippen molar-refractivity contribution in [2.24, 2.45) is 11.7 Å². The Morgan fingerprint density at radius 1 is 1.31 bits per heavy atom. The summed E-state index contributed by atoms with van der Waals surface area (Å²) >= 11 is 0. The van der Waals surface area contributed by atoms with Crippen molar-refractivity contribution >= 4 is 0 Å². The molecule has 1 saturated heterocycles. The van der Waals surface area contributed by atoms with Gasteiger partial charge in [0.15, 0.2) is 0 Å². The van der Waals surface area contributed by atoms with Crippen LogP contribution in [0.5, 0.6) is 0 Å². The second kappa shape index (κ2) is 5.48. The minimum atomic E-state index is 0.136. The number of nitrogens with zero attached hydrogens (tertiary/aromatic N) is 1. The molecule has 2 rings (SSSR count). The molecule has 1 aliphatic heterocycles. The number of ether oxygens (including phenoxy) is 1. The van der Waals surface area contributed by atoms with E-state index in [0.29, 0.717) is 0 Å². The number of likely N-dealkylation sites (N-methyl/N-ethyl adjacent to an activating group) is 1. The van der Waals surface area contributed by atoms with Crippen molar-refractivity contribution in [2.45, 2.75) is 44.1 Å². The molecule has 0 aromatic carbocycles. The summed E-state index contributed by atoms with van der Waals surface area (Å²) in [7, 11) is 2.23. The first-order valence-electron chi connectivity index (χ1n) is 6.76. The Balaban J connectivity index is 1.87. The molecule has 3 heteroatoms. The zero-order valence-electron chi connectivity index (χ0n) is 10.6. The van der Waals surface area contributed by atoms with Crippen LogP contribution in [0.15, 0.2) is 0 Å². The van der Waals surface area contributed by atoms with Crippen molar-refractivity contribution in [1.29, 1.82) is 0 Å². The maximum absolute atomic E-state index is 5.95. The summed E-state index contributed by atoms with van der Waals surface area (Å²) in [5.41, 5.74) is 6.09. The minimum Gasteiger partial charge on any atom is -0.379 e. The molecule has 1 aliphatic carbocycles. The first kappa shape index (κ1) is 12.3. The number of hydrogen-bond acceptors (Lipinski definition) is 3. The van der Waals surface area contributed by atoms with Gasteiger partial charge in [-0.2, -0.15) is 0 Å². The van der Waals surface area contributed by atoms with E-state index in [1.165, 1.54) is 38.6 Å². The van der Waals surface area contributed by atoms with Crippen LogP contribution in [0, 0.1) is 5.92 Å². The lowest BCUT2D eigenvalue weighted by Crippen LogP contribution is -2.54. The molecule has 0 aromatic heterocycles. The molecule has 0 spiro atoms. The fourth-order valence-corrected chi connectivity index (χ4v) is 3.17. The molecule has 1 unspecified atom stereocenters. The third-order valence-corrected chi connectivity index (χ3v) is 4.53. The van der Waals surface area contributed by atoms with Crippen molar-refractivity contribution in [1.82, 2.24) is 4.90 Å². The second-order valence-electron chi connectivity index (χ2n) is 5.62. The smallest absolute Gasteiger partial charge is 0.0663 e. The van der Waals surface area contributed by atoms with Gasteiger partial charge in [0.2, 0.25) is 0 Å². The van der Waals surface area contributed by atoms with Gasteiger partial charge in [-0.15, -0.1) is 0 Å². The highest BCUT2D eigenvalue weighted by Crippen LogP contribution is 2.29. The second-order valence-corrected chi connectivity index (χ2v) is 5.62. The zero-order chi connectivity index (χ0) is 11.4. The van der Waals surface area contributed by atoms with Crippen LogP contribution in [0.4, 0.5) is 0 Å². The molecule has 16 heavy (non-hydrogen) atoms. The first-order chi connectivity index (χ1) is 7.77. The lowest BCUT2D eigenvalue weighted by Gasteiger charge is -2.39. The largest absolute Gasteiger partial charge is 0.379 e. The van der Waals surface area contributed by atoms with Crippen molar-refractivity contribution in [3.8, 4) is 0 Å². The molecule has 0 radical (unpaired) electrons. The number of hydrogen-bond donors (Lipinski definition) is 1. The Hall–Kier alpha value is -0.120. The van der Waals surface area contributed by atoms with Gasteiger partial charge in [-0.1, -0.05) is 19.3 Å². The predicted molar refractivity (Wildman–Crippen MR) is 66.4 cm³/mol. The van der Waals surface area contributed by atoms with Crippen molar-refractivity contribution in [2.75, 3.05) is 33.4 Å². The summed E-state index contributed by atoms with van der Waals surface area (Å²) in [6, 6.07) is 0. The topological polar surface area (TPSA) is 38.5 Å². The molecule has 94 valence electrons. The van der Waals surface area contributed by atoms with E-state index in [4.69, 9.17) is 10.5 Å². The van der Waals surface area contributed by atoms with Gasteiger partial charge in [0, 0.05) is 19.7 Å². The summed E-state index contributed by atoms with van der Waals surface area (Å²) in [6.07, 6.45) is 8.20.